The van der Waals surface area contributed by atoms with Gasteiger partial charge in [0, 0.05) is 18.3 Å². The number of carbonyl (C=O) groups excluding carboxylic acids is 1. The molecule has 0 saturated heterocycles. The number of halogens is 4. The number of ether oxygens (including phenoxy) is 1. The standard InChI is InChI=1S/C14H19F3N2O2.ClH/c1-3-13(4-2,9-18)12(20)19-10-6-5-7-11(8-10)21-14(15,16)17;/h5-8H,3-4,9,18H2,1-2H3,(H,19,20);1H. The van der Waals surface area contributed by atoms with Gasteiger partial charge in [0.2, 0.25) is 5.91 Å². The van der Waals surface area contributed by atoms with Crippen LogP contribution in [0.1, 0.15) is 26.7 Å². The van der Waals surface area contributed by atoms with Crippen LogP contribution >= 0.6 is 12.4 Å². The van der Waals surface area contributed by atoms with E-state index in [-0.39, 0.29) is 36.3 Å². The maximum atomic E-state index is 12.3. The van der Waals surface area contributed by atoms with Crippen molar-refractivity contribution in [2.45, 2.75) is 33.1 Å². The van der Waals surface area contributed by atoms with Gasteiger partial charge in [-0.1, -0.05) is 19.9 Å². The Labute approximate surface area is 133 Å². The minimum atomic E-state index is -4.77. The lowest BCUT2D eigenvalue weighted by molar-refractivity contribution is -0.274. The predicted octanol–water partition coefficient (Wildman–Crippen LogP) is 3.71. The first-order valence-electron chi connectivity index (χ1n) is 6.63. The Bertz CT molecular complexity index is 483. The molecule has 0 fully saturated rings. The third-order valence-electron chi connectivity index (χ3n) is 3.55. The lowest BCUT2D eigenvalue weighted by atomic mass is 9.81. The summed E-state index contributed by atoms with van der Waals surface area (Å²) in [5.41, 5.74) is 5.18. The van der Waals surface area contributed by atoms with Gasteiger partial charge in [-0.3, -0.25) is 4.79 Å². The third-order valence-corrected chi connectivity index (χ3v) is 3.55. The van der Waals surface area contributed by atoms with E-state index in [1.165, 1.54) is 18.2 Å². The van der Waals surface area contributed by atoms with Gasteiger partial charge in [0.25, 0.3) is 0 Å². The highest BCUT2D eigenvalue weighted by atomic mass is 35.5. The molecule has 0 aromatic heterocycles. The molecular formula is C14H20ClF3N2O2. The van der Waals surface area contributed by atoms with Crippen molar-refractivity contribution in [2.24, 2.45) is 11.1 Å². The quantitative estimate of drug-likeness (QED) is 0.829. The second kappa shape index (κ2) is 8.24. The Hall–Kier alpha value is -1.47. The molecule has 1 aromatic rings. The van der Waals surface area contributed by atoms with Crippen molar-refractivity contribution in [3.63, 3.8) is 0 Å². The Morgan fingerprint density at radius 3 is 2.32 bits per heavy atom. The van der Waals surface area contributed by atoms with Crippen LogP contribution in [-0.2, 0) is 4.79 Å². The Morgan fingerprint density at radius 2 is 1.86 bits per heavy atom. The summed E-state index contributed by atoms with van der Waals surface area (Å²) in [7, 11) is 0. The van der Waals surface area contributed by atoms with Crippen molar-refractivity contribution in [3.8, 4) is 5.75 Å². The smallest absolute Gasteiger partial charge is 0.406 e. The molecule has 0 heterocycles. The number of anilines is 1. The first-order valence-corrected chi connectivity index (χ1v) is 6.63. The molecule has 4 nitrogen and oxygen atoms in total. The SMILES string of the molecule is CCC(CC)(CN)C(=O)Nc1cccc(OC(F)(F)F)c1.Cl. The van der Waals surface area contributed by atoms with Gasteiger partial charge < -0.3 is 15.8 Å². The third kappa shape index (κ3) is 5.38. The van der Waals surface area contributed by atoms with Gasteiger partial charge in [-0.05, 0) is 25.0 Å². The molecule has 0 spiro atoms. The average molecular weight is 341 g/mol. The largest absolute Gasteiger partial charge is 0.573 e. The van der Waals surface area contributed by atoms with Crippen LogP contribution in [0.3, 0.4) is 0 Å². The fourth-order valence-electron chi connectivity index (χ4n) is 1.99. The van der Waals surface area contributed by atoms with Gasteiger partial charge in [0.15, 0.2) is 0 Å². The summed E-state index contributed by atoms with van der Waals surface area (Å²) in [6.45, 7) is 3.86. The molecule has 8 heteroatoms. The second-order valence-electron chi connectivity index (χ2n) is 4.72. The molecule has 0 aliphatic heterocycles. The summed E-state index contributed by atoms with van der Waals surface area (Å²) in [4.78, 5) is 12.3. The van der Waals surface area contributed by atoms with Crippen LogP contribution in [0.4, 0.5) is 18.9 Å². The molecule has 126 valence electrons. The van der Waals surface area contributed by atoms with Crippen LogP contribution < -0.4 is 15.8 Å². The number of hydrogen-bond acceptors (Lipinski definition) is 3. The van der Waals surface area contributed by atoms with Crippen LogP contribution in [0.25, 0.3) is 0 Å². The Morgan fingerprint density at radius 1 is 1.27 bits per heavy atom. The van der Waals surface area contributed by atoms with Crippen molar-refractivity contribution in [1.29, 1.82) is 0 Å². The zero-order chi connectivity index (χ0) is 16.1. The summed E-state index contributed by atoms with van der Waals surface area (Å²) in [5.74, 6) is -0.689. The highest BCUT2D eigenvalue weighted by molar-refractivity contribution is 5.95. The van der Waals surface area contributed by atoms with Crippen LogP contribution in [0, 0.1) is 5.41 Å². The monoisotopic (exact) mass is 340 g/mol. The topological polar surface area (TPSA) is 64.4 Å². The van der Waals surface area contributed by atoms with Gasteiger partial charge in [0.1, 0.15) is 5.75 Å². The minimum absolute atomic E-state index is 0. The summed E-state index contributed by atoms with van der Waals surface area (Å²) in [6.07, 6.45) is -3.67. The average Bonchev–Trinajstić information content (AvgIpc) is 2.40. The van der Waals surface area contributed by atoms with Gasteiger partial charge in [0.05, 0.1) is 5.41 Å². The van der Waals surface area contributed by atoms with Gasteiger partial charge in [-0.25, -0.2) is 0 Å². The summed E-state index contributed by atoms with van der Waals surface area (Å²) in [5, 5.41) is 2.60. The Kier molecular flexibility index (Phi) is 7.69. The lowest BCUT2D eigenvalue weighted by Gasteiger charge is -2.28. The van der Waals surface area contributed by atoms with Crippen LogP contribution in [-0.4, -0.2) is 18.8 Å². The van der Waals surface area contributed by atoms with Crippen molar-refractivity contribution < 1.29 is 22.7 Å². The van der Waals surface area contributed by atoms with E-state index in [9.17, 15) is 18.0 Å². The van der Waals surface area contributed by atoms with E-state index < -0.39 is 11.8 Å². The maximum absolute atomic E-state index is 12.3. The van der Waals surface area contributed by atoms with Gasteiger partial charge in [-0.2, -0.15) is 0 Å². The highest BCUT2D eigenvalue weighted by Gasteiger charge is 2.34. The van der Waals surface area contributed by atoms with Gasteiger partial charge >= 0.3 is 6.36 Å². The fourth-order valence-corrected chi connectivity index (χ4v) is 1.99. The van der Waals surface area contributed by atoms with E-state index in [0.717, 1.165) is 6.07 Å². The molecule has 1 amide bonds. The molecule has 1 aromatic carbocycles. The highest BCUT2D eigenvalue weighted by Crippen LogP contribution is 2.29. The first-order chi connectivity index (χ1) is 9.76. The zero-order valence-electron chi connectivity index (χ0n) is 12.4. The van der Waals surface area contributed by atoms with Crippen molar-refractivity contribution in [1.82, 2.24) is 0 Å². The fraction of sp³-hybridized carbons (Fsp3) is 0.500. The van der Waals surface area contributed by atoms with Crippen molar-refractivity contribution in [3.05, 3.63) is 24.3 Å². The number of alkyl halides is 3. The predicted molar refractivity (Wildman–Crippen MR) is 81.1 cm³/mol. The van der Waals surface area contributed by atoms with Crippen LogP contribution in [0.15, 0.2) is 24.3 Å². The minimum Gasteiger partial charge on any atom is -0.406 e. The molecule has 1 rings (SSSR count). The van der Waals surface area contributed by atoms with Crippen LogP contribution in [0.2, 0.25) is 0 Å². The van der Waals surface area contributed by atoms with E-state index in [1.54, 1.807) is 0 Å². The number of nitrogens with two attached hydrogens (primary N) is 1. The second-order valence-corrected chi connectivity index (χ2v) is 4.72. The molecule has 0 aliphatic carbocycles. The number of carbonyl (C=O) groups is 1. The first kappa shape index (κ1) is 20.5. The molecule has 0 atom stereocenters. The zero-order valence-corrected chi connectivity index (χ0v) is 13.2. The number of hydrogen-bond donors (Lipinski definition) is 2. The van der Waals surface area contributed by atoms with Gasteiger partial charge in [-0.15, -0.1) is 25.6 Å². The van der Waals surface area contributed by atoms with E-state index in [0.29, 0.717) is 12.8 Å². The molecule has 22 heavy (non-hydrogen) atoms. The maximum Gasteiger partial charge on any atom is 0.573 e. The number of amides is 1. The van der Waals surface area contributed by atoms with E-state index in [4.69, 9.17) is 5.73 Å². The molecule has 0 unspecified atom stereocenters. The molecule has 0 radical (unpaired) electrons. The number of rotatable bonds is 6. The number of nitrogens with one attached hydrogen (secondary N) is 1. The molecule has 0 aliphatic rings. The summed E-state index contributed by atoms with van der Waals surface area (Å²) >= 11 is 0. The van der Waals surface area contributed by atoms with Crippen LogP contribution in [0.5, 0.6) is 5.75 Å². The molecule has 3 N–H and O–H groups in total. The molecular weight excluding hydrogens is 321 g/mol. The van der Waals surface area contributed by atoms with E-state index in [1.807, 2.05) is 13.8 Å². The summed E-state index contributed by atoms with van der Waals surface area (Å²) < 4.78 is 40.3. The lowest BCUT2D eigenvalue weighted by Crippen LogP contribution is -2.41. The summed E-state index contributed by atoms with van der Waals surface area (Å²) in [6, 6.07) is 5.16. The van der Waals surface area contributed by atoms with Crippen molar-refractivity contribution in [2.75, 3.05) is 11.9 Å². The Balaban J connectivity index is 0.00000441. The van der Waals surface area contributed by atoms with Crippen molar-refractivity contribution >= 4 is 24.0 Å². The van der Waals surface area contributed by atoms with E-state index >= 15 is 0 Å². The molecule has 0 bridgehead atoms. The normalized spacial score (nSPS) is 11.5. The van der Waals surface area contributed by atoms with E-state index in [2.05, 4.69) is 10.1 Å². The molecule has 0 saturated carbocycles. The number of benzene rings is 1.